The minimum Gasteiger partial charge on any atom is -0.390 e. The largest absolute Gasteiger partial charge is 0.390 e. The van der Waals surface area contributed by atoms with Crippen molar-refractivity contribution in [1.29, 1.82) is 0 Å². The van der Waals surface area contributed by atoms with Gasteiger partial charge in [-0.1, -0.05) is 41.9 Å². The molecule has 144 valence electrons. The Bertz CT molecular complexity index is 875. The molecule has 2 heterocycles. The molecule has 0 saturated heterocycles. The topological polar surface area (TPSA) is 63.4 Å². The molecule has 8 heteroatoms. The summed E-state index contributed by atoms with van der Waals surface area (Å²) in [5, 5.41) is 10.5. The fourth-order valence-electron chi connectivity index (χ4n) is 2.95. The van der Waals surface area contributed by atoms with Gasteiger partial charge in [-0.25, -0.2) is 9.97 Å². The van der Waals surface area contributed by atoms with Crippen LogP contribution in [0.2, 0.25) is 5.15 Å². The summed E-state index contributed by atoms with van der Waals surface area (Å²) >= 11 is 7.95. The molecule has 1 atom stereocenters. The van der Waals surface area contributed by atoms with E-state index >= 15 is 0 Å². The van der Waals surface area contributed by atoms with Crippen LogP contribution in [0.15, 0.2) is 42.9 Å². The molecule has 27 heavy (non-hydrogen) atoms. The molecule has 0 aliphatic rings. The molecule has 0 bridgehead atoms. The average Bonchev–Trinajstić information content (AvgIpc) is 3.03. The van der Waals surface area contributed by atoms with Gasteiger partial charge in [-0.15, -0.1) is 0 Å². The number of likely N-dealkylation sites (N-methyl/N-ethyl adjacent to an activating group) is 1. The van der Waals surface area contributed by atoms with E-state index in [0.717, 1.165) is 22.3 Å². The standard InChI is InChI=1S/C19H23ClN4O2S/c1-23(8-15(25)11-27-2)16-9-24(18-17(16)21-12-22-19(18)20)13-26-10-14-6-4-3-5-7-14/h3-7,9,12,15,25H,8,10-11,13H2,1-2H3/t15-/m0/s1. The first-order chi connectivity index (χ1) is 13.1. The van der Waals surface area contributed by atoms with E-state index in [4.69, 9.17) is 16.3 Å². The third-order valence-corrected chi connectivity index (χ3v) is 5.18. The molecule has 0 saturated carbocycles. The van der Waals surface area contributed by atoms with Crippen LogP contribution in [-0.2, 0) is 18.1 Å². The van der Waals surface area contributed by atoms with E-state index in [2.05, 4.69) is 9.97 Å². The van der Waals surface area contributed by atoms with Gasteiger partial charge in [-0.2, -0.15) is 11.8 Å². The summed E-state index contributed by atoms with van der Waals surface area (Å²) in [6.45, 7) is 1.34. The van der Waals surface area contributed by atoms with E-state index < -0.39 is 6.10 Å². The molecule has 0 spiro atoms. The number of hydrogen-bond donors (Lipinski definition) is 1. The molecule has 0 amide bonds. The molecular weight excluding hydrogens is 384 g/mol. The van der Waals surface area contributed by atoms with Crippen LogP contribution in [0.5, 0.6) is 0 Å². The van der Waals surface area contributed by atoms with E-state index in [1.807, 2.05) is 59.3 Å². The van der Waals surface area contributed by atoms with Crippen molar-refractivity contribution in [3.05, 3.63) is 53.6 Å². The molecule has 0 unspecified atom stereocenters. The minimum atomic E-state index is -0.421. The fraction of sp³-hybridized carbons (Fsp3) is 0.368. The van der Waals surface area contributed by atoms with Crippen molar-refractivity contribution < 1.29 is 9.84 Å². The summed E-state index contributed by atoms with van der Waals surface area (Å²) in [5.74, 6) is 0.679. The number of aliphatic hydroxyl groups is 1. The van der Waals surface area contributed by atoms with Gasteiger partial charge in [-0.3, -0.25) is 0 Å². The number of aromatic nitrogens is 3. The quantitative estimate of drug-likeness (QED) is 0.549. The average molecular weight is 407 g/mol. The fourth-order valence-corrected chi connectivity index (χ4v) is 3.68. The maximum absolute atomic E-state index is 10.1. The third-order valence-electron chi connectivity index (χ3n) is 4.18. The van der Waals surface area contributed by atoms with Crippen LogP contribution in [0, 0.1) is 0 Å². The van der Waals surface area contributed by atoms with E-state index in [1.165, 1.54) is 6.33 Å². The van der Waals surface area contributed by atoms with Gasteiger partial charge in [0.05, 0.1) is 18.4 Å². The molecule has 6 nitrogen and oxygen atoms in total. The summed E-state index contributed by atoms with van der Waals surface area (Å²) in [7, 11) is 1.93. The monoisotopic (exact) mass is 406 g/mol. The van der Waals surface area contributed by atoms with Crippen molar-refractivity contribution >= 4 is 40.1 Å². The van der Waals surface area contributed by atoms with Crippen molar-refractivity contribution in [2.45, 2.75) is 19.4 Å². The maximum atomic E-state index is 10.1. The van der Waals surface area contributed by atoms with Crippen LogP contribution >= 0.6 is 23.4 Å². The van der Waals surface area contributed by atoms with Crippen LogP contribution in [0.25, 0.3) is 11.0 Å². The first-order valence-electron chi connectivity index (χ1n) is 8.59. The van der Waals surface area contributed by atoms with E-state index in [0.29, 0.717) is 30.8 Å². The Morgan fingerprint density at radius 3 is 2.81 bits per heavy atom. The molecule has 3 rings (SSSR count). The van der Waals surface area contributed by atoms with Crippen LogP contribution in [0.1, 0.15) is 5.56 Å². The number of halogens is 1. The van der Waals surface area contributed by atoms with Crippen molar-refractivity contribution in [3.63, 3.8) is 0 Å². The summed E-state index contributed by atoms with van der Waals surface area (Å²) in [6, 6.07) is 10.0. The molecular formula is C19H23ClN4O2S. The SMILES string of the molecule is CSC[C@@H](O)CN(C)c1cn(COCc2ccccc2)c2c(Cl)ncnc12. The van der Waals surface area contributed by atoms with E-state index in [-0.39, 0.29) is 0 Å². The molecule has 0 fully saturated rings. The third kappa shape index (κ3) is 4.93. The Labute approximate surface area is 168 Å². The zero-order valence-electron chi connectivity index (χ0n) is 15.4. The van der Waals surface area contributed by atoms with Crippen molar-refractivity contribution in [1.82, 2.24) is 14.5 Å². The van der Waals surface area contributed by atoms with Gasteiger partial charge < -0.3 is 19.3 Å². The van der Waals surface area contributed by atoms with Crippen LogP contribution in [0.3, 0.4) is 0 Å². The van der Waals surface area contributed by atoms with Gasteiger partial charge in [0.25, 0.3) is 0 Å². The van der Waals surface area contributed by atoms with Crippen LogP contribution < -0.4 is 4.90 Å². The maximum Gasteiger partial charge on any atom is 0.156 e. The number of rotatable bonds is 9. The highest BCUT2D eigenvalue weighted by Gasteiger charge is 2.18. The number of nitrogens with zero attached hydrogens (tertiary/aromatic N) is 4. The predicted molar refractivity (Wildman–Crippen MR) is 111 cm³/mol. The van der Waals surface area contributed by atoms with Crippen molar-refractivity contribution in [2.75, 3.05) is 30.5 Å². The second kappa shape index (κ2) is 9.41. The van der Waals surface area contributed by atoms with Gasteiger partial charge in [-0.05, 0) is 11.8 Å². The smallest absolute Gasteiger partial charge is 0.156 e. The lowest BCUT2D eigenvalue weighted by Gasteiger charge is -2.21. The Morgan fingerprint density at radius 1 is 1.30 bits per heavy atom. The van der Waals surface area contributed by atoms with Crippen LogP contribution in [0.4, 0.5) is 5.69 Å². The number of aliphatic hydroxyl groups excluding tert-OH is 1. The number of fused-ring (bicyclic) bond motifs is 1. The number of thioether (sulfide) groups is 1. The van der Waals surface area contributed by atoms with Gasteiger partial charge in [0.2, 0.25) is 0 Å². The number of ether oxygens (including phenoxy) is 1. The molecule has 0 aliphatic heterocycles. The van der Waals surface area contributed by atoms with E-state index in [1.54, 1.807) is 11.8 Å². The second-order valence-corrected chi connectivity index (χ2v) is 7.57. The zero-order chi connectivity index (χ0) is 19.2. The Hall–Kier alpha value is -1.80. The molecule has 1 aromatic carbocycles. The summed E-state index contributed by atoms with van der Waals surface area (Å²) in [5.41, 5.74) is 3.47. The molecule has 1 N–H and O–H groups in total. The highest BCUT2D eigenvalue weighted by Crippen LogP contribution is 2.30. The molecule has 0 radical (unpaired) electrons. The number of benzene rings is 1. The van der Waals surface area contributed by atoms with Gasteiger partial charge in [0.15, 0.2) is 5.15 Å². The van der Waals surface area contributed by atoms with E-state index in [9.17, 15) is 5.11 Å². The highest BCUT2D eigenvalue weighted by molar-refractivity contribution is 7.98. The van der Waals surface area contributed by atoms with Gasteiger partial charge in [0.1, 0.15) is 24.1 Å². The highest BCUT2D eigenvalue weighted by atomic mass is 35.5. The Kier molecular flexibility index (Phi) is 6.95. The molecule has 3 aromatic rings. The lowest BCUT2D eigenvalue weighted by atomic mass is 10.2. The van der Waals surface area contributed by atoms with Gasteiger partial charge >= 0.3 is 0 Å². The Balaban J connectivity index is 1.80. The lowest BCUT2D eigenvalue weighted by Crippen LogP contribution is -2.30. The number of anilines is 1. The summed E-state index contributed by atoms with van der Waals surface area (Å²) in [4.78, 5) is 10.5. The number of hydrogen-bond acceptors (Lipinski definition) is 6. The molecule has 0 aliphatic carbocycles. The second-order valence-electron chi connectivity index (χ2n) is 6.30. The van der Waals surface area contributed by atoms with Crippen LogP contribution in [-0.4, -0.2) is 51.3 Å². The first-order valence-corrected chi connectivity index (χ1v) is 10.4. The Morgan fingerprint density at radius 2 is 2.07 bits per heavy atom. The van der Waals surface area contributed by atoms with Crippen molar-refractivity contribution in [2.24, 2.45) is 0 Å². The zero-order valence-corrected chi connectivity index (χ0v) is 17.0. The lowest BCUT2D eigenvalue weighted by molar-refractivity contribution is 0.0668. The summed E-state index contributed by atoms with van der Waals surface area (Å²) in [6.07, 6.45) is 4.96. The predicted octanol–water partition coefficient (Wildman–Crippen LogP) is 3.42. The van der Waals surface area contributed by atoms with Gasteiger partial charge in [0, 0.05) is 25.5 Å². The summed E-state index contributed by atoms with van der Waals surface area (Å²) < 4.78 is 7.77. The first kappa shape index (κ1) is 19.9. The minimum absolute atomic E-state index is 0.333. The normalized spacial score (nSPS) is 12.4. The van der Waals surface area contributed by atoms with Crippen molar-refractivity contribution in [3.8, 4) is 0 Å². The molecule has 2 aromatic heterocycles.